The monoisotopic (exact) mass is 222 g/mol. The van der Waals surface area contributed by atoms with E-state index in [0.29, 0.717) is 0 Å². The molecule has 14 heavy (non-hydrogen) atoms. The maximum absolute atomic E-state index is 11.6. The summed E-state index contributed by atoms with van der Waals surface area (Å²) in [7, 11) is -3.49. The number of carbonyl (C=O) groups is 1. The Labute approximate surface area is 85.5 Å². The van der Waals surface area contributed by atoms with Gasteiger partial charge >= 0.3 is 7.60 Å². The molecule has 0 saturated carbocycles. The molecular weight excluding hydrogens is 203 g/mol. The van der Waals surface area contributed by atoms with Crippen molar-refractivity contribution < 1.29 is 18.4 Å². The summed E-state index contributed by atoms with van der Waals surface area (Å²) < 4.78 is 21.5. The third kappa shape index (κ3) is 6.30. The summed E-state index contributed by atoms with van der Waals surface area (Å²) in [6.07, 6.45) is 0. The van der Waals surface area contributed by atoms with Crippen molar-refractivity contribution in [1.29, 1.82) is 0 Å². The van der Waals surface area contributed by atoms with Crippen LogP contribution < -0.4 is 0 Å². The van der Waals surface area contributed by atoms with Gasteiger partial charge in [-0.2, -0.15) is 0 Å². The lowest BCUT2D eigenvalue weighted by atomic mass is 10.2. The summed E-state index contributed by atoms with van der Waals surface area (Å²) in [6.45, 7) is 8.20. The molecule has 0 aliphatic heterocycles. The molecule has 0 rings (SSSR count). The fraction of sp³-hybridized carbons (Fsp3) is 0.889. The average Bonchev–Trinajstić information content (AvgIpc) is 2.11. The maximum Gasteiger partial charge on any atom is 0.393 e. The first-order valence-corrected chi connectivity index (χ1v) is 6.36. The summed E-state index contributed by atoms with van der Waals surface area (Å²) in [5.74, 6) is 0.455. The third-order valence-corrected chi connectivity index (χ3v) is 2.58. The van der Waals surface area contributed by atoms with E-state index in [1.54, 1.807) is 0 Å². The Balaban J connectivity index is 4.05. The van der Waals surface area contributed by atoms with E-state index < -0.39 is 7.60 Å². The van der Waals surface area contributed by atoms with Gasteiger partial charge in [-0.05, 0) is 11.8 Å². The Morgan fingerprint density at radius 1 is 1.07 bits per heavy atom. The fourth-order valence-corrected chi connectivity index (χ4v) is 1.81. The molecule has 0 aromatic rings. The highest BCUT2D eigenvalue weighted by Crippen LogP contribution is 2.45. The number of hydrogen-bond donors (Lipinski definition) is 0. The molecule has 0 aromatic heterocycles. The van der Waals surface area contributed by atoms with Gasteiger partial charge in [0.2, 0.25) is 6.03 Å². The summed E-state index contributed by atoms with van der Waals surface area (Å²) in [5, 5.41) is 0. The largest absolute Gasteiger partial charge is 0.393 e. The summed E-state index contributed by atoms with van der Waals surface area (Å²) in [4.78, 5) is 10.5. The van der Waals surface area contributed by atoms with Gasteiger partial charge in [0.05, 0.1) is 13.2 Å². The van der Waals surface area contributed by atoms with Gasteiger partial charge in [0, 0.05) is 0 Å². The highest BCUT2D eigenvalue weighted by Gasteiger charge is 2.24. The zero-order chi connectivity index (χ0) is 11.2. The van der Waals surface area contributed by atoms with Crippen molar-refractivity contribution in [3.8, 4) is 0 Å². The quantitative estimate of drug-likeness (QED) is 0.491. The van der Waals surface area contributed by atoms with Crippen LogP contribution >= 0.6 is 7.60 Å². The zero-order valence-corrected chi connectivity index (χ0v) is 10.1. The summed E-state index contributed by atoms with van der Waals surface area (Å²) >= 11 is 0. The molecular formula is C9H19O4P. The average molecular weight is 222 g/mol. The number of hydrogen-bond acceptors (Lipinski definition) is 4. The van der Waals surface area contributed by atoms with Gasteiger partial charge < -0.3 is 9.05 Å². The highest BCUT2D eigenvalue weighted by molar-refractivity contribution is 7.69. The van der Waals surface area contributed by atoms with Crippen molar-refractivity contribution in [2.24, 2.45) is 11.8 Å². The van der Waals surface area contributed by atoms with E-state index in [4.69, 9.17) is 9.05 Å². The van der Waals surface area contributed by atoms with Crippen molar-refractivity contribution in [3.63, 3.8) is 0 Å². The predicted octanol–water partition coefficient (Wildman–Crippen LogP) is 2.71. The first-order chi connectivity index (χ1) is 6.39. The van der Waals surface area contributed by atoms with Crippen molar-refractivity contribution in [3.05, 3.63) is 0 Å². The Hall–Kier alpha value is -0.180. The molecule has 0 amide bonds. The van der Waals surface area contributed by atoms with Crippen LogP contribution in [0.15, 0.2) is 0 Å². The lowest BCUT2D eigenvalue weighted by Gasteiger charge is -2.15. The molecule has 0 spiro atoms. The van der Waals surface area contributed by atoms with E-state index in [0.717, 1.165) is 0 Å². The molecule has 0 aliphatic rings. The molecule has 0 heterocycles. The van der Waals surface area contributed by atoms with E-state index in [-0.39, 0.29) is 31.1 Å². The topological polar surface area (TPSA) is 52.6 Å². The molecule has 0 aromatic carbocycles. The van der Waals surface area contributed by atoms with Gasteiger partial charge in [0.25, 0.3) is 0 Å². The molecule has 84 valence electrons. The van der Waals surface area contributed by atoms with Crippen molar-refractivity contribution >= 4 is 13.6 Å². The smallest absolute Gasteiger partial charge is 0.303 e. The van der Waals surface area contributed by atoms with Crippen LogP contribution in [0.2, 0.25) is 0 Å². The van der Waals surface area contributed by atoms with Crippen LogP contribution in [0.3, 0.4) is 0 Å². The van der Waals surface area contributed by atoms with Gasteiger partial charge in [-0.3, -0.25) is 9.36 Å². The predicted molar refractivity (Wildman–Crippen MR) is 55.9 cm³/mol. The minimum Gasteiger partial charge on any atom is -0.303 e. The maximum atomic E-state index is 11.6. The van der Waals surface area contributed by atoms with E-state index in [9.17, 15) is 9.36 Å². The second kappa shape index (κ2) is 6.33. The van der Waals surface area contributed by atoms with Gasteiger partial charge in [-0.15, -0.1) is 0 Å². The second-order valence-electron chi connectivity index (χ2n) is 4.02. The SMILES string of the molecule is CC(C)COP(=O)(C=O)OCC(C)C. The zero-order valence-electron chi connectivity index (χ0n) is 9.23. The van der Waals surface area contributed by atoms with E-state index in [2.05, 4.69) is 0 Å². The molecule has 0 N–H and O–H groups in total. The third-order valence-electron chi connectivity index (χ3n) is 1.30. The Morgan fingerprint density at radius 3 is 1.64 bits per heavy atom. The second-order valence-corrected chi connectivity index (χ2v) is 5.83. The number of rotatable bonds is 7. The van der Waals surface area contributed by atoms with Crippen LogP contribution in [-0.2, 0) is 18.4 Å². The first kappa shape index (κ1) is 13.8. The van der Waals surface area contributed by atoms with Crippen molar-refractivity contribution in [1.82, 2.24) is 0 Å². The van der Waals surface area contributed by atoms with Gasteiger partial charge in [0.1, 0.15) is 0 Å². The molecule has 4 nitrogen and oxygen atoms in total. The molecule has 0 radical (unpaired) electrons. The van der Waals surface area contributed by atoms with E-state index in [1.807, 2.05) is 27.7 Å². The Bertz CT molecular complexity index is 197. The van der Waals surface area contributed by atoms with Crippen LogP contribution in [0.1, 0.15) is 27.7 Å². The molecule has 0 atom stereocenters. The fourth-order valence-electron chi connectivity index (χ4n) is 0.604. The highest BCUT2D eigenvalue weighted by atomic mass is 31.2. The Morgan fingerprint density at radius 2 is 1.43 bits per heavy atom. The minimum atomic E-state index is -3.49. The number of carbonyl (C=O) groups excluding carboxylic acids is 1. The van der Waals surface area contributed by atoms with Crippen molar-refractivity contribution in [2.75, 3.05) is 13.2 Å². The lowest BCUT2D eigenvalue weighted by molar-refractivity contribution is 0.182. The van der Waals surface area contributed by atoms with Crippen LogP contribution in [0.25, 0.3) is 0 Å². The van der Waals surface area contributed by atoms with Crippen LogP contribution in [0.5, 0.6) is 0 Å². The first-order valence-electron chi connectivity index (χ1n) is 4.74. The molecule has 0 saturated heterocycles. The molecule has 5 heteroatoms. The van der Waals surface area contributed by atoms with E-state index in [1.165, 1.54) is 0 Å². The van der Waals surface area contributed by atoms with Gasteiger partial charge in [-0.1, -0.05) is 27.7 Å². The van der Waals surface area contributed by atoms with Crippen LogP contribution in [0, 0.1) is 11.8 Å². The van der Waals surface area contributed by atoms with Gasteiger partial charge in [-0.25, -0.2) is 0 Å². The molecule has 0 bridgehead atoms. The van der Waals surface area contributed by atoms with E-state index >= 15 is 0 Å². The molecule has 0 unspecified atom stereocenters. The molecule has 0 aliphatic carbocycles. The van der Waals surface area contributed by atoms with Crippen LogP contribution in [-0.4, -0.2) is 19.2 Å². The lowest BCUT2D eigenvalue weighted by Crippen LogP contribution is -2.06. The summed E-state index contributed by atoms with van der Waals surface area (Å²) in [5.41, 5.74) is 0. The van der Waals surface area contributed by atoms with Crippen LogP contribution in [0.4, 0.5) is 0 Å². The summed E-state index contributed by atoms with van der Waals surface area (Å²) in [6, 6.07) is 0.276. The minimum absolute atomic E-state index is 0.228. The van der Waals surface area contributed by atoms with Gasteiger partial charge in [0.15, 0.2) is 0 Å². The normalized spacial score (nSPS) is 12.4. The van der Waals surface area contributed by atoms with Crippen molar-refractivity contribution in [2.45, 2.75) is 27.7 Å². The standard InChI is InChI=1S/C9H19O4P/c1-8(2)5-12-14(11,7-10)13-6-9(3)4/h7-9H,5-6H2,1-4H3. The molecule has 0 fully saturated rings. The Kier molecular flexibility index (Phi) is 6.25.